The van der Waals surface area contributed by atoms with Crippen molar-refractivity contribution < 1.29 is 14.3 Å². The van der Waals surface area contributed by atoms with Crippen molar-refractivity contribution >= 4 is 35.2 Å². The van der Waals surface area contributed by atoms with Gasteiger partial charge < -0.3 is 14.5 Å². The van der Waals surface area contributed by atoms with Crippen LogP contribution >= 0.6 is 23.2 Å². The lowest BCUT2D eigenvalue weighted by molar-refractivity contribution is -0.141. The Bertz CT molecular complexity index is 1200. The summed E-state index contributed by atoms with van der Waals surface area (Å²) in [5.74, 6) is 0.460. The molecule has 3 heterocycles. The molecule has 2 aliphatic rings. The summed E-state index contributed by atoms with van der Waals surface area (Å²) in [5, 5.41) is 1.04. The Kier molecular flexibility index (Phi) is 9.93. The van der Waals surface area contributed by atoms with E-state index in [4.69, 9.17) is 32.9 Å². The van der Waals surface area contributed by atoms with Gasteiger partial charge in [0.1, 0.15) is 5.60 Å². The Labute approximate surface area is 255 Å². The number of aromatic nitrogens is 1. The van der Waals surface area contributed by atoms with Crippen LogP contribution in [0.3, 0.4) is 0 Å². The van der Waals surface area contributed by atoms with Crippen LogP contribution in [0.4, 0.5) is 4.79 Å². The maximum Gasteiger partial charge on any atom is 0.410 e. The summed E-state index contributed by atoms with van der Waals surface area (Å²) >= 11 is 12.7. The number of ether oxygens (including phenoxy) is 1. The van der Waals surface area contributed by atoms with Gasteiger partial charge in [-0.3, -0.25) is 14.7 Å². The van der Waals surface area contributed by atoms with Crippen molar-refractivity contribution in [3.63, 3.8) is 0 Å². The number of piperidine rings is 1. The lowest BCUT2D eigenvalue weighted by atomic mass is 9.82. The summed E-state index contributed by atoms with van der Waals surface area (Å²) < 4.78 is 5.53. The minimum Gasteiger partial charge on any atom is -0.444 e. The molecule has 2 saturated heterocycles. The van der Waals surface area contributed by atoms with Gasteiger partial charge in [0, 0.05) is 51.4 Å². The maximum atomic E-state index is 13.8. The number of pyridine rings is 1. The fourth-order valence-electron chi connectivity index (χ4n) is 5.88. The summed E-state index contributed by atoms with van der Waals surface area (Å²) in [7, 11) is 0. The van der Waals surface area contributed by atoms with Gasteiger partial charge in [-0.05, 0) is 74.8 Å². The van der Waals surface area contributed by atoms with E-state index in [1.54, 1.807) is 4.90 Å². The van der Waals surface area contributed by atoms with Gasteiger partial charge in [0.25, 0.3) is 0 Å². The molecule has 2 amide bonds. The van der Waals surface area contributed by atoms with E-state index in [0.29, 0.717) is 42.6 Å². The van der Waals surface area contributed by atoms with Crippen LogP contribution in [-0.2, 0) is 9.53 Å². The minimum absolute atomic E-state index is 0.0274. The normalized spacial score (nSPS) is 20.1. The van der Waals surface area contributed by atoms with E-state index in [-0.39, 0.29) is 35.4 Å². The third kappa shape index (κ3) is 8.14. The number of benzene rings is 1. The van der Waals surface area contributed by atoms with Crippen molar-refractivity contribution in [3.05, 3.63) is 63.9 Å². The second-order valence-corrected chi connectivity index (χ2v) is 14.2. The molecule has 7 nitrogen and oxygen atoms in total. The van der Waals surface area contributed by atoms with Gasteiger partial charge in [-0.2, -0.15) is 0 Å². The maximum absolute atomic E-state index is 13.8. The van der Waals surface area contributed by atoms with Crippen molar-refractivity contribution in [2.24, 2.45) is 11.3 Å². The quantitative estimate of drug-likeness (QED) is 0.366. The molecule has 2 aromatic rings. The van der Waals surface area contributed by atoms with Crippen molar-refractivity contribution in [1.82, 2.24) is 19.7 Å². The molecule has 2 atom stereocenters. The monoisotopic (exact) mass is 602 g/mol. The average molecular weight is 604 g/mol. The van der Waals surface area contributed by atoms with Crippen LogP contribution in [0.15, 0.2) is 42.6 Å². The van der Waals surface area contributed by atoms with E-state index in [2.05, 4.69) is 30.6 Å². The predicted molar refractivity (Wildman–Crippen MR) is 164 cm³/mol. The number of carbonyl (C=O) groups excluding carboxylic acids is 2. The number of nitrogens with zero attached hydrogens (tertiary/aromatic N) is 4. The molecule has 0 N–H and O–H groups in total. The Morgan fingerprint density at radius 2 is 1.68 bits per heavy atom. The van der Waals surface area contributed by atoms with Crippen LogP contribution < -0.4 is 0 Å². The number of rotatable bonds is 5. The standard InChI is InChI=1S/C32H44Cl2N4O3/c1-31(2,3)27-21-37(29(26-9-7-8-14-35-26)23-10-11-24(33)25(34)20-23)17-18-38(27)28(39)19-22-12-15-36(16-13-22)30(40)41-32(4,5)6/h7-11,14,20,22,27,29H,12-13,15-19,21H2,1-6H3. The highest BCUT2D eigenvalue weighted by Gasteiger charge is 2.41. The number of amides is 2. The largest absolute Gasteiger partial charge is 0.444 e. The van der Waals surface area contributed by atoms with E-state index in [0.717, 1.165) is 30.6 Å². The van der Waals surface area contributed by atoms with Crippen molar-refractivity contribution in [3.8, 4) is 0 Å². The van der Waals surface area contributed by atoms with Gasteiger partial charge in [-0.15, -0.1) is 0 Å². The van der Waals surface area contributed by atoms with Crippen molar-refractivity contribution in [1.29, 1.82) is 0 Å². The fourth-order valence-corrected chi connectivity index (χ4v) is 6.18. The van der Waals surface area contributed by atoms with Gasteiger partial charge in [0.2, 0.25) is 5.91 Å². The molecule has 4 rings (SSSR count). The zero-order chi connectivity index (χ0) is 29.9. The summed E-state index contributed by atoms with van der Waals surface area (Å²) in [5.41, 5.74) is 1.33. The van der Waals surface area contributed by atoms with E-state index in [9.17, 15) is 9.59 Å². The zero-order valence-corrected chi connectivity index (χ0v) is 26.7. The first-order chi connectivity index (χ1) is 19.2. The van der Waals surface area contributed by atoms with Gasteiger partial charge in [-0.1, -0.05) is 56.1 Å². The highest BCUT2D eigenvalue weighted by atomic mass is 35.5. The van der Waals surface area contributed by atoms with Gasteiger partial charge >= 0.3 is 6.09 Å². The number of hydrogen-bond acceptors (Lipinski definition) is 5. The second-order valence-electron chi connectivity index (χ2n) is 13.4. The summed E-state index contributed by atoms with van der Waals surface area (Å²) in [6.45, 7) is 15.6. The van der Waals surface area contributed by atoms with Crippen LogP contribution in [0.2, 0.25) is 10.0 Å². The Morgan fingerprint density at radius 3 is 2.27 bits per heavy atom. The molecule has 1 aromatic heterocycles. The smallest absolute Gasteiger partial charge is 0.410 e. The SMILES string of the molecule is CC(C)(C)OC(=O)N1CCC(CC(=O)N2CCN(C(c3ccc(Cl)c(Cl)c3)c3ccccn3)CC2C(C)(C)C)CC1. The lowest BCUT2D eigenvalue weighted by Crippen LogP contribution is -2.60. The van der Waals surface area contributed by atoms with E-state index >= 15 is 0 Å². The van der Waals surface area contributed by atoms with E-state index in [1.165, 1.54) is 0 Å². The Morgan fingerprint density at radius 1 is 0.976 bits per heavy atom. The summed E-state index contributed by atoms with van der Waals surface area (Å²) in [6.07, 6.45) is 3.67. The van der Waals surface area contributed by atoms with Crippen LogP contribution in [0.1, 0.15) is 78.1 Å². The number of halogens is 2. The molecule has 2 aliphatic heterocycles. The molecule has 2 unspecified atom stereocenters. The van der Waals surface area contributed by atoms with Gasteiger partial charge in [-0.25, -0.2) is 4.79 Å². The molecule has 224 valence electrons. The first-order valence-corrected chi connectivity index (χ1v) is 15.4. The third-order valence-electron chi connectivity index (χ3n) is 8.05. The van der Waals surface area contributed by atoms with Crippen molar-refractivity contribution in [2.45, 2.75) is 78.5 Å². The predicted octanol–water partition coefficient (Wildman–Crippen LogP) is 7.07. The average Bonchev–Trinajstić information content (AvgIpc) is 2.90. The highest BCUT2D eigenvalue weighted by Crippen LogP contribution is 2.37. The zero-order valence-electron chi connectivity index (χ0n) is 25.2. The fraction of sp³-hybridized carbons (Fsp3) is 0.594. The van der Waals surface area contributed by atoms with E-state index < -0.39 is 5.60 Å². The number of carbonyl (C=O) groups is 2. The topological polar surface area (TPSA) is 66.0 Å². The Hall–Kier alpha value is -2.35. The number of likely N-dealkylation sites (tertiary alicyclic amines) is 1. The molecule has 0 saturated carbocycles. The van der Waals surface area contributed by atoms with Crippen LogP contribution in [0.5, 0.6) is 0 Å². The highest BCUT2D eigenvalue weighted by molar-refractivity contribution is 6.42. The summed E-state index contributed by atoms with van der Waals surface area (Å²) in [6, 6.07) is 11.7. The molecule has 0 radical (unpaired) electrons. The van der Waals surface area contributed by atoms with Gasteiger partial charge in [0.05, 0.1) is 21.8 Å². The molecule has 2 fully saturated rings. The molecule has 9 heteroatoms. The number of piperazine rings is 1. The Balaban J connectivity index is 1.46. The molecular weight excluding hydrogens is 559 g/mol. The van der Waals surface area contributed by atoms with Crippen molar-refractivity contribution in [2.75, 3.05) is 32.7 Å². The summed E-state index contributed by atoms with van der Waals surface area (Å²) in [4.78, 5) is 37.2. The molecule has 1 aromatic carbocycles. The van der Waals surface area contributed by atoms with Crippen LogP contribution in [0, 0.1) is 11.3 Å². The van der Waals surface area contributed by atoms with E-state index in [1.807, 2.05) is 63.4 Å². The molecule has 0 aliphatic carbocycles. The van der Waals surface area contributed by atoms with Crippen LogP contribution in [0.25, 0.3) is 0 Å². The first kappa shape index (κ1) is 31.6. The minimum atomic E-state index is -0.511. The van der Waals surface area contributed by atoms with Gasteiger partial charge in [0.15, 0.2) is 0 Å². The molecular formula is C32H44Cl2N4O3. The second kappa shape index (κ2) is 12.9. The number of hydrogen-bond donors (Lipinski definition) is 0. The lowest BCUT2D eigenvalue weighted by Gasteiger charge is -2.49. The first-order valence-electron chi connectivity index (χ1n) is 14.6. The molecule has 0 bridgehead atoms. The van der Waals surface area contributed by atoms with Crippen LogP contribution in [-0.4, -0.2) is 76.1 Å². The molecule has 0 spiro atoms. The molecule has 41 heavy (non-hydrogen) atoms. The third-order valence-corrected chi connectivity index (χ3v) is 8.79.